The molecule has 0 bridgehead atoms. The number of methoxy groups -OCH3 is 1. The van der Waals surface area contributed by atoms with Gasteiger partial charge in [-0.15, -0.1) is 0 Å². The first-order valence-electron chi connectivity index (χ1n) is 5.26. The molecule has 0 heterocycles. The van der Waals surface area contributed by atoms with Crippen LogP contribution in [0.15, 0.2) is 0 Å². The standard InChI is InChI=1S/C10H20N2O2/c1-8(12-9-4-3-5-9)10(13)11-6-7-14-2/h8-9,12H,3-7H2,1-2H3,(H,11,13). The minimum Gasteiger partial charge on any atom is -0.383 e. The van der Waals surface area contributed by atoms with Gasteiger partial charge < -0.3 is 15.4 Å². The number of carbonyl (C=O) groups is 1. The zero-order valence-corrected chi connectivity index (χ0v) is 9.01. The van der Waals surface area contributed by atoms with Gasteiger partial charge in [-0.2, -0.15) is 0 Å². The van der Waals surface area contributed by atoms with Gasteiger partial charge in [-0.1, -0.05) is 6.42 Å². The summed E-state index contributed by atoms with van der Waals surface area (Å²) in [5.41, 5.74) is 0. The van der Waals surface area contributed by atoms with Gasteiger partial charge in [0.2, 0.25) is 5.91 Å². The van der Waals surface area contributed by atoms with Crippen LogP contribution >= 0.6 is 0 Å². The molecule has 0 aromatic heterocycles. The molecule has 1 aliphatic rings. The van der Waals surface area contributed by atoms with E-state index in [0.29, 0.717) is 19.2 Å². The lowest BCUT2D eigenvalue weighted by Gasteiger charge is -2.29. The van der Waals surface area contributed by atoms with E-state index in [9.17, 15) is 4.79 Å². The van der Waals surface area contributed by atoms with Crippen molar-refractivity contribution in [2.45, 2.75) is 38.3 Å². The minimum atomic E-state index is -0.0860. The Hall–Kier alpha value is -0.610. The molecule has 0 aliphatic heterocycles. The summed E-state index contributed by atoms with van der Waals surface area (Å²) in [6, 6.07) is 0.468. The van der Waals surface area contributed by atoms with Crippen LogP contribution in [0.4, 0.5) is 0 Å². The number of nitrogens with one attached hydrogen (secondary N) is 2. The molecule has 0 spiro atoms. The molecule has 1 fully saturated rings. The molecule has 14 heavy (non-hydrogen) atoms. The van der Waals surface area contributed by atoms with Crippen LogP contribution in [0.1, 0.15) is 26.2 Å². The summed E-state index contributed by atoms with van der Waals surface area (Å²) in [5.74, 6) is 0.0638. The average molecular weight is 200 g/mol. The lowest BCUT2D eigenvalue weighted by molar-refractivity contribution is -0.123. The predicted octanol–water partition coefficient (Wildman–Crippen LogP) is 0.280. The van der Waals surface area contributed by atoms with Crippen molar-refractivity contribution in [1.29, 1.82) is 0 Å². The second-order valence-electron chi connectivity index (χ2n) is 3.80. The van der Waals surface area contributed by atoms with Crippen LogP contribution < -0.4 is 10.6 Å². The lowest BCUT2D eigenvalue weighted by Crippen LogP contribution is -2.49. The Morgan fingerprint density at radius 1 is 1.57 bits per heavy atom. The average Bonchev–Trinajstić information content (AvgIpc) is 2.11. The highest BCUT2D eigenvalue weighted by Gasteiger charge is 2.21. The smallest absolute Gasteiger partial charge is 0.236 e. The van der Waals surface area contributed by atoms with Crippen molar-refractivity contribution in [2.24, 2.45) is 0 Å². The van der Waals surface area contributed by atoms with Gasteiger partial charge in [0.25, 0.3) is 0 Å². The van der Waals surface area contributed by atoms with Gasteiger partial charge in [-0.3, -0.25) is 4.79 Å². The van der Waals surface area contributed by atoms with E-state index in [1.54, 1.807) is 7.11 Å². The van der Waals surface area contributed by atoms with Crippen LogP contribution in [0, 0.1) is 0 Å². The summed E-state index contributed by atoms with van der Waals surface area (Å²) in [6.07, 6.45) is 3.70. The molecule has 0 radical (unpaired) electrons. The molecule has 0 saturated heterocycles. The van der Waals surface area contributed by atoms with Crippen molar-refractivity contribution in [1.82, 2.24) is 10.6 Å². The maximum Gasteiger partial charge on any atom is 0.236 e. The summed E-state index contributed by atoms with van der Waals surface area (Å²) in [7, 11) is 1.63. The molecule has 1 amide bonds. The van der Waals surface area contributed by atoms with Crippen molar-refractivity contribution in [3.8, 4) is 0 Å². The van der Waals surface area contributed by atoms with Gasteiger partial charge in [-0.25, -0.2) is 0 Å². The normalized spacial score (nSPS) is 18.7. The zero-order chi connectivity index (χ0) is 10.4. The molecule has 4 nitrogen and oxygen atoms in total. The highest BCUT2D eigenvalue weighted by atomic mass is 16.5. The van der Waals surface area contributed by atoms with E-state index < -0.39 is 0 Å². The third-order valence-electron chi connectivity index (χ3n) is 2.59. The fraction of sp³-hybridized carbons (Fsp3) is 0.900. The number of amides is 1. The molecule has 1 saturated carbocycles. The van der Waals surface area contributed by atoms with Crippen LogP contribution in [0.2, 0.25) is 0 Å². The number of hydrogen-bond acceptors (Lipinski definition) is 3. The summed E-state index contributed by atoms with van der Waals surface area (Å²) in [5, 5.41) is 6.10. The Bertz CT molecular complexity index is 181. The third-order valence-corrected chi connectivity index (χ3v) is 2.59. The van der Waals surface area contributed by atoms with Crippen LogP contribution in [-0.4, -0.2) is 38.3 Å². The lowest BCUT2D eigenvalue weighted by atomic mass is 9.92. The molecule has 2 N–H and O–H groups in total. The van der Waals surface area contributed by atoms with Gasteiger partial charge in [0.05, 0.1) is 12.6 Å². The topological polar surface area (TPSA) is 50.4 Å². The van der Waals surface area contributed by atoms with E-state index in [-0.39, 0.29) is 11.9 Å². The Morgan fingerprint density at radius 2 is 2.29 bits per heavy atom. The van der Waals surface area contributed by atoms with Crippen molar-refractivity contribution in [3.05, 3.63) is 0 Å². The number of ether oxygens (including phenoxy) is 1. The molecular formula is C10H20N2O2. The van der Waals surface area contributed by atoms with E-state index >= 15 is 0 Å². The minimum absolute atomic E-state index is 0.0638. The number of carbonyl (C=O) groups excluding carboxylic acids is 1. The summed E-state index contributed by atoms with van der Waals surface area (Å²) >= 11 is 0. The van der Waals surface area contributed by atoms with E-state index in [1.807, 2.05) is 6.92 Å². The Labute approximate surface area is 85.4 Å². The maximum atomic E-state index is 11.5. The van der Waals surface area contributed by atoms with Crippen LogP contribution in [0.5, 0.6) is 0 Å². The van der Waals surface area contributed by atoms with E-state index in [1.165, 1.54) is 19.3 Å². The summed E-state index contributed by atoms with van der Waals surface area (Å²) in [6.45, 7) is 3.06. The molecule has 1 rings (SSSR count). The second kappa shape index (κ2) is 5.98. The Balaban J connectivity index is 2.08. The van der Waals surface area contributed by atoms with Crippen LogP contribution in [0.25, 0.3) is 0 Å². The number of rotatable bonds is 6. The molecule has 0 aromatic rings. The largest absolute Gasteiger partial charge is 0.383 e. The first-order chi connectivity index (χ1) is 6.74. The van der Waals surface area contributed by atoms with Gasteiger partial charge in [0.15, 0.2) is 0 Å². The van der Waals surface area contributed by atoms with Crippen molar-refractivity contribution in [3.63, 3.8) is 0 Å². The first kappa shape index (κ1) is 11.5. The van der Waals surface area contributed by atoms with Crippen molar-refractivity contribution < 1.29 is 9.53 Å². The fourth-order valence-electron chi connectivity index (χ4n) is 1.43. The maximum absolute atomic E-state index is 11.5. The van der Waals surface area contributed by atoms with E-state index in [0.717, 1.165) is 0 Å². The molecule has 1 aliphatic carbocycles. The Morgan fingerprint density at radius 3 is 2.79 bits per heavy atom. The van der Waals surface area contributed by atoms with Crippen molar-refractivity contribution >= 4 is 5.91 Å². The first-order valence-corrected chi connectivity index (χ1v) is 5.26. The van der Waals surface area contributed by atoms with Gasteiger partial charge >= 0.3 is 0 Å². The second-order valence-corrected chi connectivity index (χ2v) is 3.80. The van der Waals surface area contributed by atoms with Gasteiger partial charge in [0.1, 0.15) is 0 Å². The Kier molecular flexibility index (Phi) is 4.90. The molecule has 0 aromatic carbocycles. The van der Waals surface area contributed by atoms with Gasteiger partial charge in [-0.05, 0) is 19.8 Å². The zero-order valence-electron chi connectivity index (χ0n) is 9.01. The molecule has 82 valence electrons. The number of hydrogen-bond donors (Lipinski definition) is 2. The molecule has 1 unspecified atom stereocenters. The van der Waals surface area contributed by atoms with E-state index in [4.69, 9.17) is 4.74 Å². The highest BCUT2D eigenvalue weighted by Crippen LogP contribution is 2.18. The van der Waals surface area contributed by atoms with E-state index in [2.05, 4.69) is 10.6 Å². The molecule has 1 atom stereocenters. The predicted molar refractivity (Wildman–Crippen MR) is 55.1 cm³/mol. The monoisotopic (exact) mass is 200 g/mol. The van der Waals surface area contributed by atoms with Crippen molar-refractivity contribution in [2.75, 3.05) is 20.3 Å². The molecular weight excluding hydrogens is 180 g/mol. The van der Waals surface area contributed by atoms with Gasteiger partial charge in [0, 0.05) is 19.7 Å². The van der Waals surface area contributed by atoms with Crippen LogP contribution in [-0.2, 0) is 9.53 Å². The third kappa shape index (κ3) is 3.64. The SMILES string of the molecule is COCCNC(=O)C(C)NC1CCC1. The summed E-state index contributed by atoms with van der Waals surface area (Å²) < 4.78 is 4.85. The highest BCUT2D eigenvalue weighted by molar-refractivity contribution is 5.81. The quantitative estimate of drug-likeness (QED) is 0.605. The fourth-order valence-corrected chi connectivity index (χ4v) is 1.43. The summed E-state index contributed by atoms with van der Waals surface area (Å²) in [4.78, 5) is 11.5. The van der Waals surface area contributed by atoms with Crippen LogP contribution in [0.3, 0.4) is 0 Å². The molecule has 4 heteroatoms.